The first-order valence-electron chi connectivity index (χ1n) is 7.64. The number of hydrogen-bond acceptors (Lipinski definition) is 6. The van der Waals surface area contributed by atoms with Gasteiger partial charge in [-0.3, -0.25) is 4.79 Å². The van der Waals surface area contributed by atoms with Gasteiger partial charge in [-0.1, -0.05) is 0 Å². The van der Waals surface area contributed by atoms with Crippen LogP contribution in [0, 0.1) is 5.82 Å². The first-order valence-corrected chi connectivity index (χ1v) is 7.64. The summed E-state index contributed by atoms with van der Waals surface area (Å²) in [5.74, 6) is -1.70. The molecule has 0 bridgehead atoms. The molecule has 0 radical (unpaired) electrons. The van der Waals surface area contributed by atoms with Crippen LogP contribution in [0.3, 0.4) is 0 Å². The number of methoxy groups -OCH3 is 1. The van der Waals surface area contributed by atoms with Crippen molar-refractivity contribution < 1.29 is 18.7 Å². The highest BCUT2D eigenvalue weighted by Gasteiger charge is 2.26. The summed E-state index contributed by atoms with van der Waals surface area (Å²) in [6.45, 7) is 0. The predicted octanol–water partition coefficient (Wildman–Crippen LogP) is 2.56. The van der Waals surface area contributed by atoms with Crippen LogP contribution in [0.2, 0.25) is 0 Å². The minimum atomic E-state index is -0.700. The third-order valence-corrected chi connectivity index (χ3v) is 3.85. The molecule has 1 aromatic carbocycles. The molecule has 2 unspecified atom stereocenters. The number of amides is 1. The van der Waals surface area contributed by atoms with Gasteiger partial charge >= 0.3 is 5.97 Å². The van der Waals surface area contributed by atoms with Crippen LogP contribution in [-0.4, -0.2) is 34.6 Å². The molecule has 0 saturated carbocycles. The van der Waals surface area contributed by atoms with Crippen LogP contribution in [0.1, 0.15) is 29.4 Å². The maximum Gasteiger partial charge on any atom is 0.339 e. The van der Waals surface area contributed by atoms with Gasteiger partial charge in [0.25, 0.3) is 5.91 Å². The van der Waals surface area contributed by atoms with Crippen LogP contribution in [0.25, 0.3) is 0 Å². The normalized spacial score (nSPS) is 19.4. The fraction of sp³-hybridized carbons (Fsp3) is 0.312. The lowest BCUT2D eigenvalue weighted by Gasteiger charge is -2.21. The van der Waals surface area contributed by atoms with Crippen molar-refractivity contribution in [3.63, 3.8) is 0 Å². The second kappa shape index (κ2) is 7.20. The highest BCUT2D eigenvalue weighted by atomic mass is 19.1. The molecule has 1 amide bonds. The van der Waals surface area contributed by atoms with Crippen LogP contribution in [-0.2, 0) is 9.53 Å². The average molecular weight is 345 g/mol. The maximum absolute atomic E-state index is 13.5. The second-order valence-corrected chi connectivity index (χ2v) is 5.49. The Kier molecular flexibility index (Phi) is 4.82. The van der Waals surface area contributed by atoms with E-state index in [0.29, 0.717) is 12.8 Å². The number of carbonyl (C=O) groups is 2. The van der Waals surface area contributed by atoms with Gasteiger partial charge in [0.2, 0.25) is 0 Å². The molecule has 2 atom stereocenters. The number of halogens is 1. The Morgan fingerprint density at radius 3 is 2.80 bits per heavy atom. The zero-order valence-corrected chi connectivity index (χ0v) is 13.4. The van der Waals surface area contributed by atoms with E-state index in [1.165, 1.54) is 13.2 Å². The molecule has 1 N–H and O–H groups in total. The largest absolute Gasteiger partial charge is 0.465 e. The lowest BCUT2D eigenvalue weighted by molar-refractivity contribution is -0.117. The topological polar surface area (TPSA) is 97.9 Å². The molecule has 3 rings (SSSR count). The van der Waals surface area contributed by atoms with Crippen molar-refractivity contribution in [3.05, 3.63) is 48.3 Å². The molecular formula is C16H16FN5O3. The zero-order valence-electron chi connectivity index (χ0n) is 13.4. The zero-order chi connectivity index (χ0) is 17.8. The van der Waals surface area contributed by atoms with Crippen molar-refractivity contribution in [3.8, 4) is 0 Å². The molecule has 9 heteroatoms. The van der Waals surface area contributed by atoms with E-state index in [4.69, 9.17) is 0 Å². The van der Waals surface area contributed by atoms with E-state index in [2.05, 4.69) is 25.3 Å². The van der Waals surface area contributed by atoms with Crippen LogP contribution >= 0.6 is 0 Å². The van der Waals surface area contributed by atoms with Crippen LogP contribution in [0.4, 0.5) is 10.1 Å². The Labute approximate surface area is 142 Å². The first kappa shape index (κ1) is 16.7. The SMILES string of the molecule is COC(=O)c1ccc(F)cc1NC(=O)C1CCC(n2ccnc2)N=N1. The number of esters is 1. The van der Waals surface area contributed by atoms with Crippen molar-refractivity contribution >= 4 is 17.6 Å². The molecule has 1 aliphatic heterocycles. The summed E-state index contributed by atoms with van der Waals surface area (Å²) in [5, 5.41) is 10.7. The summed E-state index contributed by atoms with van der Waals surface area (Å²) < 4.78 is 19.9. The number of anilines is 1. The Morgan fingerprint density at radius 1 is 1.32 bits per heavy atom. The van der Waals surface area contributed by atoms with E-state index in [9.17, 15) is 14.0 Å². The number of ether oxygens (including phenoxy) is 1. The van der Waals surface area contributed by atoms with E-state index in [0.717, 1.165) is 12.1 Å². The molecule has 1 aromatic heterocycles. The van der Waals surface area contributed by atoms with E-state index in [-0.39, 0.29) is 17.4 Å². The third-order valence-electron chi connectivity index (χ3n) is 3.85. The van der Waals surface area contributed by atoms with Gasteiger partial charge in [-0.2, -0.15) is 10.2 Å². The van der Waals surface area contributed by atoms with Crippen molar-refractivity contribution in [2.45, 2.75) is 25.0 Å². The van der Waals surface area contributed by atoms with Crippen LogP contribution in [0.5, 0.6) is 0 Å². The summed E-state index contributed by atoms with van der Waals surface area (Å²) in [5.41, 5.74) is 0.116. The molecule has 0 saturated heterocycles. The van der Waals surface area contributed by atoms with Crippen molar-refractivity contribution in [1.82, 2.24) is 9.55 Å². The number of nitrogens with zero attached hydrogens (tertiary/aromatic N) is 4. The van der Waals surface area contributed by atoms with Crippen molar-refractivity contribution in [2.75, 3.05) is 12.4 Å². The molecule has 0 fully saturated rings. The number of hydrogen-bond donors (Lipinski definition) is 1. The molecule has 8 nitrogen and oxygen atoms in total. The number of nitrogens with one attached hydrogen (secondary N) is 1. The standard InChI is InChI=1S/C16H16FN5O3/c1-25-16(24)11-3-2-10(17)8-13(11)19-15(23)12-4-5-14(21-20-12)22-7-6-18-9-22/h2-3,6-9,12,14H,4-5H2,1H3,(H,19,23). The minimum absolute atomic E-state index is 0.0452. The van der Waals surface area contributed by atoms with Gasteiger partial charge in [-0.15, -0.1) is 0 Å². The van der Waals surface area contributed by atoms with Gasteiger partial charge in [-0.05, 0) is 31.0 Å². The highest BCUT2D eigenvalue weighted by molar-refractivity contribution is 6.02. The maximum atomic E-state index is 13.5. The summed E-state index contributed by atoms with van der Waals surface area (Å²) in [6, 6.07) is 2.75. The van der Waals surface area contributed by atoms with Gasteiger partial charge in [0.05, 0.1) is 24.7 Å². The summed E-state index contributed by atoms with van der Waals surface area (Å²) >= 11 is 0. The molecule has 0 spiro atoms. The monoisotopic (exact) mass is 345 g/mol. The van der Waals surface area contributed by atoms with Gasteiger partial charge in [0.15, 0.2) is 0 Å². The highest BCUT2D eigenvalue weighted by Crippen LogP contribution is 2.25. The Morgan fingerprint density at radius 2 is 2.16 bits per heavy atom. The molecular weight excluding hydrogens is 329 g/mol. The fourth-order valence-electron chi connectivity index (χ4n) is 2.54. The van der Waals surface area contributed by atoms with Gasteiger partial charge < -0.3 is 14.6 Å². The quantitative estimate of drug-likeness (QED) is 0.861. The van der Waals surface area contributed by atoms with Crippen molar-refractivity contribution in [1.29, 1.82) is 0 Å². The lowest BCUT2D eigenvalue weighted by Crippen LogP contribution is -2.29. The lowest BCUT2D eigenvalue weighted by atomic mass is 10.1. The number of imidazole rings is 1. The number of carbonyl (C=O) groups excluding carboxylic acids is 2. The predicted molar refractivity (Wildman–Crippen MR) is 85.5 cm³/mol. The molecule has 25 heavy (non-hydrogen) atoms. The molecule has 1 aliphatic rings. The third kappa shape index (κ3) is 3.70. The van der Waals surface area contributed by atoms with E-state index >= 15 is 0 Å². The van der Waals surface area contributed by atoms with E-state index in [1.54, 1.807) is 23.3 Å². The van der Waals surface area contributed by atoms with E-state index < -0.39 is 23.7 Å². The van der Waals surface area contributed by atoms with Crippen molar-refractivity contribution in [2.24, 2.45) is 10.2 Å². The van der Waals surface area contributed by atoms with Gasteiger partial charge in [0, 0.05) is 12.4 Å². The molecule has 2 aromatic rings. The Bertz CT molecular complexity index is 806. The fourth-order valence-corrected chi connectivity index (χ4v) is 2.54. The van der Waals surface area contributed by atoms with E-state index in [1.807, 2.05) is 0 Å². The minimum Gasteiger partial charge on any atom is -0.465 e. The van der Waals surface area contributed by atoms with Gasteiger partial charge in [-0.25, -0.2) is 14.2 Å². The first-order chi connectivity index (χ1) is 12.1. The summed E-state index contributed by atoms with van der Waals surface area (Å²) in [7, 11) is 1.21. The Balaban J connectivity index is 1.72. The summed E-state index contributed by atoms with van der Waals surface area (Å²) in [4.78, 5) is 28.1. The molecule has 130 valence electrons. The van der Waals surface area contributed by atoms with Gasteiger partial charge in [0.1, 0.15) is 18.0 Å². The molecule has 0 aliphatic carbocycles. The van der Waals surface area contributed by atoms with Crippen LogP contribution in [0.15, 0.2) is 47.1 Å². The smallest absolute Gasteiger partial charge is 0.339 e. The summed E-state index contributed by atoms with van der Waals surface area (Å²) in [6.07, 6.45) is 5.96. The van der Waals surface area contributed by atoms with Crippen LogP contribution < -0.4 is 5.32 Å². The molecule has 2 heterocycles. The average Bonchev–Trinajstić information content (AvgIpc) is 3.16. The Hall–Kier alpha value is -3.10. The number of rotatable bonds is 4. The second-order valence-electron chi connectivity index (χ2n) is 5.49. The number of benzene rings is 1. The number of azo groups is 1. The number of aromatic nitrogens is 2.